The molecule has 2 unspecified atom stereocenters. The van der Waals surface area contributed by atoms with Gasteiger partial charge in [0.25, 0.3) is 0 Å². The molecule has 0 radical (unpaired) electrons. The van der Waals surface area contributed by atoms with E-state index in [1.807, 2.05) is 25.2 Å². The van der Waals surface area contributed by atoms with Crippen LogP contribution in [-0.4, -0.2) is 31.5 Å². The highest BCUT2D eigenvalue weighted by Crippen LogP contribution is 2.34. The molecule has 1 aliphatic carbocycles. The lowest BCUT2D eigenvalue weighted by atomic mass is 9.94. The van der Waals surface area contributed by atoms with E-state index in [2.05, 4.69) is 5.32 Å². The standard InChI is InChI=1S/C15H23NO3/c1-16-10-11-6-5-9-14(18-2)15(11)19-13-8-4-3-7-12(13)17/h5-6,9,12-13,16-17H,3-4,7-8,10H2,1-2H3. The SMILES string of the molecule is CNCc1cccc(OC)c1OC1CCCCC1O. The number of methoxy groups -OCH3 is 1. The molecule has 0 aromatic heterocycles. The Bertz CT molecular complexity index is 408. The second-order valence-corrected chi connectivity index (χ2v) is 4.99. The molecule has 0 heterocycles. The zero-order valence-corrected chi connectivity index (χ0v) is 11.7. The van der Waals surface area contributed by atoms with Crippen molar-refractivity contribution in [2.45, 2.75) is 44.4 Å². The first-order valence-electron chi connectivity index (χ1n) is 6.91. The number of aliphatic hydroxyl groups excluding tert-OH is 1. The van der Waals surface area contributed by atoms with Gasteiger partial charge in [-0.25, -0.2) is 0 Å². The number of aliphatic hydroxyl groups is 1. The lowest BCUT2D eigenvalue weighted by Crippen LogP contribution is -2.35. The zero-order chi connectivity index (χ0) is 13.7. The maximum absolute atomic E-state index is 10.0. The normalized spacial score (nSPS) is 23.1. The third-order valence-corrected chi connectivity index (χ3v) is 3.58. The molecule has 1 aromatic carbocycles. The van der Waals surface area contributed by atoms with Gasteiger partial charge in [0.2, 0.25) is 0 Å². The van der Waals surface area contributed by atoms with Crippen LogP contribution in [0.1, 0.15) is 31.2 Å². The van der Waals surface area contributed by atoms with E-state index in [-0.39, 0.29) is 12.2 Å². The van der Waals surface area contributed by atoms with Gasteiger partial charge in [0.05, 0.1) is 13.2 Å². The van der Waals surface area contributed by atoms with Gasteiger partial charge in [0, 0.05) is 12.1 Å². The largest absolute Gasteiger partial charge is 0.493 e. The predicted octanol–water partition coefficient (Wildman–Crippen LogP) is 2.10. The van der Waals surface area contributed by atoms with Crippen LogP contribution < -0.4 is 14.8 Å². The van der Waals surface area contributed by atoms with Crippen molar-refractivity contribution in [3.05, 3.63) is 23.8 Å². The Morgan fingerprint density at radius 3 is 2.79 bits per heavy atom. The number of para-hydroxylation sites is 1. The topological polar surface area (TPSA) is 50.7 Å². The summed E-state index contributed by atoms with van der Waals surface area (Å²) < 4.78 is 11.4. The molecule has 1 aliphatic rings. The van der Waals surface area contributed by atoms with Gasteiger partial charge in [-0.05, 0) is 32.4 Å². The molecule has 1 saturated carbocycles. The number of nitrogens with one attached hydrogen (secondary N) is 1. The third kappa shape index (κ3) is 3.39. The Morgan fingerprint density at radius 2 is 2.11 bits per heavy atom. The van der Waals surface area contributed by atoms with Crippen molar-refractivity contribution >= 4 is 0 Å². The fraction of sp³-hybridized carbons (Fsp3) is 0.600. The van der Waals surface area contributed by atoms with Crippen molar-refractivity contribution < 1.29 is 14.6 Å². The average Bonchev–Trinajstić information content (AvgIpc) is 2.43. The zero-order valence-electron chi connectivity index (χ0n) is 11.7. The Kier molecular flexibility index (Phi) is 5.05. The number of hydrogen-bond acceptors (Lipinski definition) is 4. The van der Waals surface area contributed by atoms with Crippen LogP contribution in [0.3, 0.4) is 0 Å². The van der Waals surface area contributed by atoms with Gasteiger partial charge in [0.1, 0.15) is 6.10 Å². The summed E-state index contributed by atoms with van der Waals surface area (Å²) >= 11 is 0. The molecule has 4 heteroatoms. The Labute approximate surface area is 114 Å². The predicted molar refractivity (Wildman–Crippen MR) is 74.6 cm³/mol. The van der Waals surface area contributed by atoms with E-state index in [1.54, 1.807) is 7.11 Å². The number of hydrogen-bond donors (Lipinski definition) is 2. The van der Waals surface area contributed by atoms with Gasteiger partial charge in [-0.2, -0.15) is 0 Å². The van der Waals surface area contributed by atoms with Crippen LogP contribution in [0.25, 0.3) is 0 Å². The maximum atomic E-state index is 10.0. The van der Waals surface area contributed by atoms with E-state index in [1.165, 1.54) is 0 Å². The van der Waals surface area contributed by atoms with E-state index in [0.717, 1.165) is 49.3 Å². The van der Waals surface area contributed by atoms with Crippen LogP contribution in [0.5, 0.6) is 11.5 Å². The van der Waals surface area contributed by atoms with Gasteiger partial charge >= 0.3 is 0 Å². The van der Waals surface area contributed by atoms with Crippen molar-refractivity contribution in [2.75, 3.05) is 14.2 Å². The minimum atomic E-state index is -0.374. The van der Waals surface area contributed by atoms with Crippen molar-refractivity contribution in [1.82, 2.24) is 5.32 Å². The highest BCUT2D eigenvalue weighted by Gasteiger charge is 2.26. The van der Waals surface area contributed by atoms with E-state index >= 15 is 0 Å². The first kappa shape index (κ1) is 14.2. The molecule has 2 N–H and O–H groups in total. The summed E-state index contributed by atoms with van der Waals surface area (Å²) in [5.41, 5.74) is 1.06. The first-order chi connectivity index (χ1) is 9.26. The van der Waals surface area contributed by atoms with Gasteiger partial charge < -0.3 is 19.9 Å². The number of rotatable bonds is 5. The summed E-state index contributed by atoms with van der Waals surface area (Å²) in [7, 11) is 3.54. The number of ether oxygens (including phenoxy) is 2. The van der Waals surface area contributed by atoms with Crippen LogP contribution >= 0.6 is 0 Å². The molecule has 0 saturated heterocycles. The highest BCUT2D eigenvalue weighted by molar-refractivity contribution is 5.46. The molecule has 4 nitrogen and oxygen atoms in total. The second kappa shape index (κ2) is 6.78. The molecule has 1 aromatic rings. The van der Waals surface area contributed by atoms with Crippen LogP contribution in [0.15, 0.2) is 18.2 Å². The Balaban J connectivity index is 2.21. The summed E-state index contributed by atoms with van der Waals surface area (Å²) in [6.07, 6.45) is 3.41. The molecule has 1 fully saturated rings. The molecular formula is C15H23NO3. The summed E-state index contributed by atoms with van der Waals surface area (Å²) in [4.78, 5) is 0. The summed E-state index contributed by atoms with van der Waals surface area (Å²) in [5, 5.41) is 13.2. The monoisotopic (exact) mass is 265 g/mol. The van der Waals surface area contributed by atoms with Crippen LogP contribution in [0.4, 0.5) is 0 Å². The smallest absolute Gasteiger partial charge is 0.166 e. The quantitative estimate of drug-likeness (QED) is 0.856. The van der Waals surface area contributed by atoms with Crippen molar-refractivity contribution in [2.24, 2.45) is 0 Å². The maximum Gasteiger partial charge on any atom is 0.166 e. The van der Waals surface area contributed by atoms with E-state index in [0.29, 0.717) is 0 Å². The van der Waals surface area contributed by atoms with E-state index < -0.39 is 0 Å². The lowest BCUT2D eigenvalue weighted by molar-refractivity contribution is 0.00515. The van der Waals surface area contributed by atoms with Gasteiger partial charge in [-0.15, -0.1) is 0 Å². The molecular weight excluding hydrogens is 242 g/mol. The molecule has 106 valence electrons. The van der Waals surface area contributed by atoms with Gasteiger partial charge in [-0.3, -0.25) is 0 Å². The fourth-order valence-corrected chi connectivity index (χ4v) is 2.55. The van der Waals surface area contributed by atoms with Crippen molar-refractivity contribution in [1.29, 1.82) is 0 Å². The van der Waals surface area contributed by atoms with Crippen LogP contribution in [-0.2, 0) is 6.54 Å². The molecule has 2 rings (SSSR count). The molecule has 0 bridgehead atoms. The molecule has 19 heavy (non-hydrogen) atoms. The summed E-state index contributed by atoms with van der Waals surface area (Å²) in [6.45, 7) is 0.718. The van der Waals surface area contributed by atoms with E-state index in [4.69, 9.17) is 9.47 Å². The third-order valence-electron chi connectivity index (χ3n) is 3.58. The summed E-state index contributed by atoms with van der Waals surface area (Å²) in [5.74, 6) is 1.48. The highest BCUT2D eigenvalue weighted by atomic mass is 16.5. The minimum absolute atomic E-state index is 0.124. The Morgan fingerprint density at radius 1 is 1.32 bits per heavy atom. The van der Waals surface area contributed by atoms with E-state index in [9.17, 15) is 5.11 Å². The van der Waals surface area contributed by atoms with Crippen molar-refractivity contribution in [3.63, 3.8) is 0 Å². The average molecular weight is 265 g/mol. The van der Waals surface area contributed by atoms with Gasteiger partial charge in [0.15, 0.2) is 11.5 Å². The molecule has 0 amide bonds. The lowest BCUT2D eigenvalue weighted by Gasteiger charge is -2.29. The molecule has 0 aliphatic heterocycles. The molecule has 2 atom stereocenters. The summed E-state index contributed by atoms with van der Waals surface area (Å²) in [6, 6.07) is 5.86. The van der Waals surface area contributed by atoms with Gasteiger partial charge in [-0.1, -0.05) is 18.6 Å². The second-order valence-electron chi connectivity index (χ2n) is 4.99. The van der Waals surface area contributed by atoms with Crippen LogP contribution in [0, 0.1) is 0 Å². The Hall–Kier alpha value is -1.26. The molecule has 0 spiro atoms. The van der Waals surface area contributed by atoms with Crippen LogP contribution in [0.2, 0.25) is 0 Å². The minimum Gasteiger partial charge on any atom is -0.493 e. The number of benzene rings is 1. The fourth-order valence-electron chi connectivity index (χ4n) is 2.55. The van der Waals surface area contributed by atoms with Crippen molar-refractivity contribution in [3.8, 4) is 11.5 Å². The first-order valence-corrected chi connectivity index (χ1v) is 6.91.